The van der Waals surface area contributed by atoms with Gasteiger partial charge in [0.15, 0.2) is 16.8 Å². The number of thioether (sulfide) groups is 1. The van der Waals surface area contributed by atoms with Gasteiger partial charge in [-0.15, -0.1) is 10.2 Å². The third-order valence-electron chi connectivity index (χ3n) is 6.64. The monoisotopic (exact) mass is 464 g/mol. The fraction of sp³-hybridized carbons (Fsp3) is 0.455. The molecule has 170 valence electrons. The Labute approximate surface area is 194 Å². The molecule has 6 rings (SSSR count). The lowest BCUT2D eigenvalue weighted by atomic mass is 10.1. The van der Waals surface area contributed by atoms with Crippen LogP contribution >= 0.6 is 11.8 Å². The Morgan fingerprint density at radius 3 is 2.67 bits per heavy atom. The SMILES string of the molecule is O=C(CC1CSc2nc3c(c(=O)n21)CCC3)N1CCN(c2ccc(-n3ccnc3)nn2)CC1. The van der Waals surface area contributed by atoms with Crippen LogP contribution in [0.15, 0.2) is 40.8 Å². The first-order chi connectivity index (χ1) is 16.2. The minimum absolute atomic E-state index is 0.0674. The van der Waals surface area contributed by atoms with E-state index in [1.165, 1.54) is 0 Å². The Balaban J connectivity index is 1.08. The first-order valence-electron chi connectivity index (χ1n) is 11.3. The molecule has 3 aromatic heterocycles. The van der Waals surface area contributed by atoms with Crippen molar-refractivity contribution in [2.45, 2.75) is 36.9 Å². The topological polar surface area (TPSA) is 102 Å². The van der Waals surface area contributed by atoms with Gasteiger partial charge in [-0.05, 0) is 31.4 Å². The standard InChI is InChI=1S/C22H24N8O2S/c31-20(12-15-13-33-22-24-17-3-1-2-16(17)21(32)30(15)22)28-10-8-27(9-11-28)18-4-5-19(26-25-18)29-7-6-23-14-29/h4-7,14-15H,1-3,8-13H2. The fourth-order valence-corrected chi connectivity index (χ4v) is 5.99. The highest BCUT2D eigenvalue weighted by molar-refractivity contribution is 7.99. The summed E-state index contributed by atoms with van der Waals surface area (Å²) in [5, 5.41) is 9.41. The van der Waals surface area contributed by atoms with Crippen molar-refractivity contribution in [1.82, 2.24) is 34.2 Å². The van der Waals surface area contributed by atoms with E-state index < -0.39 is 0 Å². The van der Waals surface area contributed by atoms with Crippen LogP contribution in [-0.2, 0) is 17.6 Å². The average molecular weight is 465 g/mol. The second kappa shape index (κ2) is 8.29. The molecule has 0 saturated carbocycles. The molecule has 33 heavy (non-hydrogen) atoms. The summed E-state index contributed by atoms with van der Waals surface area (Å²) in [5.74, 6) is 2.35. The number of rotatable bonds is 4. The molecule has 0 spiro atoms. The molecular formula is C22H24N8O2S. The smallest absolute Gasteiger partial charge is 0.257 e. The number of amides is 1. The summed E-state index contributed by atoms with van der Waals surface area (Å²) in [4.78, 5) is 38.8. The quantitative estimate of drug-likeness (QED) is 0.529. The van der Waals surface area contributed by atoms with Gasteiger partial charge in [-0.3, -0.25) is 18.7 Å². The number of carbonyl (C=O) groups excluding carboxylic acids is 1. The van der Waals surface area contributed by atoms with E-state index in [0.717, 1.165) is 53.1 Å². The summed E-state index contributed by atoms with van der Waals surface area (Å²) in [7, 11) is 0. The van der Waals surface area contributed by atoms with Gasteiger partial charge < -0.3 is 9.80 Å². The van der Waals surface area contributed by atoms with E-state index >= 15 is 0 Å². The van der Waals surface area contributed by atoms with Crippen LogP contribution in [0, 0.1) is 0 Å². The number of nitrogens with zero attached hydrogens (tertiary/aromatic N) is 8. The van der Waals surface area contributed by atoms with Crippen molar-refractivity contribution >= 4 is 23.5 Å². The Hall–Kier alpha value is -3.21. The first kappa shape index (κ1) is 20.4. The van der Waals surface area contributed by atoms with Crippen LogP contribution in [0.25, 0.3) is 5.82 Å². The molecule has 1 amide bonds. The molecule has 1 aliphatic carbocycles. The molecule has 11 heteroatoms. The number of carbonyl (C=O) groups is 1. The largest absolute Gasteiger partial charge is 0.352 e. The van der Waals surface area contributed by atoms with Gasteiger partial charge in [0.05, 0.1) is 11.7 Å². The zero-order chi connectivity index (χ0) is 22.4. The van der Waals surface area contributed by atoms with Gasteiger partial charge in [-0.25, -0.2) is 9.97 Å². The minimum Gasteiger partial charge on any atom is -0.352 e. The van der Waals surface area contributed by atoms with E-state index in [9.17, 15) is 9.59 Å². The van der Waals surface area contributed by atoms with Gasteiger partial charge in [0.25, 0.3) is 5.56 Å². The zero-order valence-electron chi connectivity index (χ0n) is 18.1. The van der Waals surface area contributed by atoms with Crippen LogP contribution in [0.3, 0.4) is 0 Å². The summed E-state index contributed by atoms with van der Waals surface area (Å²) >= 11 is 1.59. The maximum atomic E-state index is 13.1. The summed E-state index contributed by atoms with van der Waals surface area (Å²) < 4.78 is 3.59. The summed E-state index contributed by atoms with van der Waals surface area (Å²) in [6.07, 6.45) is 8.26. The highest BCUT2D eigenvalue weighted by atomic mass is 32.2. The molecular weight excluding hydrogens is 440 g/mol. The number of aromatic nitrogens is 6. The summed E-state index contributed by atoms with van der Waals surface area (Å²) in [6.45, 7) is 2.67. The molecule has 0 N–H and O–H groups in total. The van der Waals surface area contributed by atoms with Crippen LogP contribution in [0.1, 0.15) is 30.1 Å². The Bertz CT molecular complexity index is 1230. The fourth-order valence-electron chi connectivity index (χ4n) is 4.84. The van der Waals surface area contributed by atoms with Gasteiger partial charge in [-0.1, -0.05) is 11.8 Å². The van der Waals surface area contributed by atoms with Crippen molar-refractivity contribution < 1.29 is 4.79 Å². The molecule has 1 saturated heterocycles. The molecule has 1 unspecified atom stereocenters. The number of hydrogen-bond donors (Lipinski definition) is 0. The Morgan fingerprint density at radius 2 is 1.91 bits per heavy atom. The normalized spacial score (nSPS) is 19.6. The predicted octanol–water partition coefficient (Wildman–Crippen LogP) is 1.09. The minimum atomic E-state index is -0.108. The lowest BCUT2D eigenvalue weighted by molar-refractivity contribution is -0.132. The van der Waals surface area contributed by atoms with Crippen LogP contribution in [-0.4, -0.2) is 72.0 Å². The summed E-state index contributed by atoms with van der Waals surface area (Å²) in [5.41, 5.74) is 1.88. The van der Waals surface area contributed by atoms with Gasteiger partial charge in [-0.2, -0.15) is 0 Å². The molecule has 10 nitrogen and oxygen atoms in total. The van der Waals surface area contributed by atoms with Crippen LogP contribution in [0.2, 0.25) is 0 Å². The molecule has 0 bridgehead atoms. The molecule has 3 aliphatic rings. The average Bonchev–Trinajstić information content (AvgIpc) is 3.61. The van der Waals surface area contributed by atoms with E-state index in [1.54, 1.807) is 28.9 Å². The van der Waals surface area contributed by atoms with Gasteiger partial charge in [0.2, 0.25) is 5.91 Å². The maximum absolute atomic E-state index is 13.1. The van der Waals surface area contributed by atoms with Gasteiger partial charge in [0, 0.05) is 56.3 Å². The number of anilines is 1. The van der Waals surface area contributed by atoms with E-state index in [1.807, 2.05) is 27.8 Å². The number of aryl methyl sites for hydroxylation is 1. The predicted molar refractivity (Wildman–Crippen MR) is 123 cm³/mol. The molecule has 5 heterocycles. The molecule has 3 aromatic rings. The zero-order valence-corrected chi connectivity index (χ0v) is 18.9. The van der Waals surface area contributed by atoms with Crippen LogP contribution in [0.5, 0.6) is 0 Å². The second-order valence-corrected chi connectivity index (χ2v) is 9.59. The van der Waals surface area contributed by atoms with Crippen molar-refractivity contribution in [3.8, 4) is 5.82 Å². The van der Waals surface area contributed by atoms with Crippen molar-refractivity contribution in [1.29, 1.82) is 0 Å². The van der Waals surface area contributed by atoms with Gasteiger partial charge >= 0.3 is 0 Å². The number of hydrogen-bond acceptors (Lipinski definition) is 8. The van der Waals surface area contributed by atoms with E-state index in [2.05, 4.69) is 20.1 Å². The molecule has 1 fully saturated rings. The second-order valence-electron chi connectivity index (χ2n) is 8.60. The third kappa shape index (κ3) is 3.69. The van der Waals surface area contributed by atoms with Crippen molar-refractivity contribution in [3.05, 3.63) is 52.5 Å². The van der Waals surface area contributed by atoms with Crippen molar-refractivity contribution in [2.24, 2.45) is 0 Å². The number of imidazole rings is 1. The van der Waals surface area contributed by atoms with Crippen LogP contribution in [0.4, 0.5) is 5.82 Å². The lowest BCUT2D eigenvalue weighted by Crippen LogP contribution is -2.49. The Morgan fingerprint density at radius 1 is 1.09 bits per heavy atom. The van der Waals surface area contributed by atoms with E-state index in [4.69, 9.17) is 4.98 Å². The molecule has 1 atom stereocenters. The van der Waals surface area contributed by atoms with Crippen molar-refractivity contribution in [2.75, 3.05) is 36.8 Å². The van der Waals surface area contributed by atoms with E-state index in [0.29, 0.717) is 32.6 Å². The molecule has 0 radical (unpaired) electrons. The number of fused-ring (bicyclic) bond motifs is 2. The maximum Gasteiger partial charge on any atom is 0.257 e. The highest BCUT2D eigenvalue weighted by Crippen LogP contribution is 2.34. The summed E-state index contributed by atoms with van der Waals surface area (Å²) in [6, 6.07) is 3.76. The van der Waals surface area contributed by atoms with Gasteiger partial charge in [0.1, 0.15) is 6.33 Å². The van der Waals surface area contributed by atoms with E-state index in [-0.39, 0.29) is 17.5 Å². The highest BCUT2D eigenvalue weighted by Gasteiger charge is 2.33. The van der Waals surface area contributed by atoms with Crippen LogP contribution < -0.4 is 10.5 Å². The van der Waals surface area contributed by atoms with Crippen molar-refractivity contribution in [3.63, 3.8) is 0 Å². The lowest BCUT2D eigenvalue weighted by Gasteiger charge is -2.35. The molecule has 0 aromatic carbocycles. The first-order valence-corrected chi connectivity index (χ1v) is 12.3. The third-order valence-corrected chi connectivity index (χ3v) is 7.74. The molecule has 2 aliphatic heterocycles. The number of piperazine rings is 1. The Kier molecular flexibility index (Phi) is 5.12.